The highest BCUT2D eigenvalue weighted by molar-refractivity contribution is 6.11. The first kappa shape index (κ1) is 29.4. The Morgan fingerprint density at radius 3 is 1.93 bits per heavy atom. The zero-order valence-electron chi connectivity index (χ0n) is 24.5. The molecule has 0 aliphatic carbocycles. The van der Waals surface area contributed by atoms with Crippen molar-refractivity contribution in [1.29, 1.82) is 0 Å². The number of imidazole rings is 1. The summed E-state index contributed by atoms with van der Waals surface area (Å²) in [5.74, 6) is -1.24. The minimum absolute atomic E-state index is 0.136. The average molecular weight is 602 g/mol. The summed E-state index contributed by atoms with van der Waals surface area (Å²) < 4.78 is 27.0. The van der Waals surface area contributed by atoms with E-state index in [4.69, 9.17) is 0 Å². The summed E-state index contributed by atoms with van der Waals surface area (Å²) in [6, 6.07) is 25.6. The van der Waals surface area contributed by atoms with Crippen LogP contribution in [0.2, 0.25) is 0 Å². The third kappa shape index (κ3) is 6.33. The van der Waals surface area contributed by atoms with E-state index >= 15 is 0 Å². The highest BCUT2D eigenvalue weighted by atomic mass is 19.1. The number of nitrogens with zero attached hydrogens (tertiary/aromatic N) is 2. The SMILES string of the molecule is C[C@@H](NC(=O)c1cccc(-c2cnc(-c3cc4ccccc4cn3)[nH]2)c1C(=O)N[C@H](C)c1ccc(F)cc1)c1ccc(F)cc1. The van der Waals surface area contributed by atoms with Gasteiger partial charge in [-0.15, -0.1) is 0 Å². The molecule has 3 N–H and O–H groups in total. The third-order valence-corrected chi connectivity index (χ3v) is 7.71. The number of carbonyl (C=O) groups is 2. The summed E-state index contributed by atoms with van der Waals surface area (Å²) in [4.78, 5) is 40.0. The van der Waals surface area contributed by atoms with Gasteiger partial charge in [-0.3, -0.25) is 14.6 Å². The Bertz CT molecular complexity index is 2010. The maximum absolute atomic E-state index is 14.0. The van der Waals surface area contributed by atoms with Crippen LogP contribution in [0.4, 0.5) is 8.78 Å². The van der Waals surface area contributed by atoms with Crippen molar-refractivity contribution < 1.29 is 18.4 Å². The number of hydrogen-bond acceptors (Lipinski definition) is 4. The van der Waals surface area contributed by atoms with Gasteiger partial charge in [-0.2, -0.15) is 0 Å². The quantitative estimate of drug-likeness (QED) is 0.168. The second-order valence-electron chi connectivity index (χ2n) is 10.8. The molecule has 2 heterocycles. The standard InChI is InChI=1S/C36H29F2N5O2/c1-21(23-10-14-27(37)15-11-23)41-35(44)30-9-5-8-29(33(30)36(45)42-22(2)24-12-16-28(38)17-13-24)32-20-40-34(43-32)31-18-25-6-3-4-7-26(25)19-39-31/h3-22H,1-2H3,(H,40,43)(H,41,44)(H,42,45)/t21-,22-/m1/s1. The van der Waals surface area contributed by atoms with E-state index in [0.29, 0.717) is 33.9 Å². The smallest absolute Gasteiger partial charge is 0.253 e. The van der Waals surface area contributed by atoms with Gasteiger partial charge < -0.3 is 15.6 Å². The molecule has 0 saturated heterocycles. The second kappa shape index (κ2) is 12.5. The molecule has 0 saturated carbocycles. The molecule has 4 aromatic carbocycles. The molecule has 0 unspecified atom stereocenters. The molecule has 0 fully saturated rings. The van der Waals surface area contributed by atoms with Crippen molar-refractivity contribution in [1.82, 2.24) is 25.6 Å². The van der Waals surface area contributed by atoms with Crippen molar-refractivity contribution >= 4 is 22.6 Å². The fraction of sp³-hybridized carbons (Fsp3) is 0.111. The van der Waals surface area contributed by atoms with Gasteiger partial charge in [-0.25, -0.2) is 13.8 Å². The Morgan fingerprint density at radius 1 is 0.689 bits per heavy atom. The normalized spacial score (nSPS) is 12.4. The van der Waals surface area contributed by atoms with E-state index in [9.17, 15) is 18.4 Å². The van der Waals surface area contributed by atoms with Crippen molar-refractivity contribution in [3.63, 3.8) is 0 Å². The monoisotopic (exact) mass is 601 g/mol. The Labute approximate surface area is 258 Å². The van der Waals surface area contributed by atoms with Crippen LogP contribution in [0.25, 0.3) is 33.5 Å². The number of aromatic nitrogens is 3. The van der Waals surface area contributed by atoms with E-state index in [1.807, 2.05) is 30.3 Å². The second-order valence-corrected chi connectivity index (χ2v) is 10.8. The van der Waals surface area contributed by atoms with Crippen LogP contribution in [0.15, 0.2) is 109 Å². The van der Waals surface area contributed by atoms with Gasteiger partial charge in [0.15, 0.2) is 5.82 Å². The van der Waals surface area contributed by atoms with E-state index in [0.717, 1.165) is 10.8 Å². The number of carbonyl (C=O) groups excluding carboxylic acids is 2. The summed E-state index contributed by atoms with van der Waals surface area (Å²) in [6.07, 6.45) is 3.38. The first-order valence-corrected chi connectivity index (χ1v) is 14.4. The largest absolute Gasteiger partial charge is 0.345 e. The molecule has 224 valence electrons. The number of H-pyrrole nitrogens is 1. The Morgan fingerprint density at radius 2 is 1.29 bits per heavy atom. The van der Waals surface area contributed by atoms with Gasteiger partial charge in [-0.05, 0) is 66.8 Å². The number of hydrogen-bond donors (Lipinski definition) is 3. The molecule has 0 spiro atoms. The summed E-state index contributed by atoms with van der Waals surface area (Å²) in [6.45, 7) is 3.56. The summed E-state index contributed by atoms with van der Waals surface area (Å²) >= 11 is 0. The number of aromatic amines is 1. The van der Waals surface area contributed by atoms with Crippen molar-refractivity contribution in [2.75, 3.05) is 0 Å². The lowest BCUT2D eigenvalue weighted by atomic mass is 9.96. The molecular formula is C36H29F2N5O2. The predicted octanol–water partition coefficient (Wildman–Crippen LogP) is 7.55. The van der Waals surface area contributed by atoms with E-state index in [-0.39, 0.29) is 22.8 Å². The zero-order valence-corrected chi connectivity index (χ0v) is 24.5. The molecule has 0 aliphatic rings. The van der Waals surface area contributed by atoms with Crippen molar-refractivity contribution in [3.05, 3.63) is 143 Å². The molecule has 2 aromatic heterocycles. The van der Waals surface area contributed by atoms with Gasteiger partial charge >= 0.3 is 0 Å². The molecule has 45 heavy (non-hydrogen) atoms. The van der Waals surface area contributed by atoms with Crippen LogP contribution in [0.1, 0.15) is 57.8 Å². The number of halogens is 2. The molecule has 2 atom stereocenters. The van der Waals surface area contributed by atoms with Crippen LogP contribution in [0.3, 0.4) is 0 Å². The highest BCUT2D eigenvalue weighted by Crippen LogP contribution is 2.29. The lowest BCUT2D eigenvalue weighted by Gasteiger charge is -2.20. The Hall–Kier alpha value is -5.70. The van der Waals surface area contributed by atoms with Crippen LogP contribution >= 0.6 is 0 Å². The molecule has 0 aliphatic heterocycles. The first-order valence-electron chi connectivity index (χ1n) is 14.4. The number of benzene rings is 4. The molecule has 9 heteroatoms. The summed E-state index contributed by atoms with van der Waals surface area (Å²) in [5.41, 5.74) is 3.28. The van der Waals surface area contributed by atoms with E-state index < -0.39 is 23.9 Å². The van der Waals surface area contributed by atoms with Crippen LogP contribution in [-0.4, -0.2) is 26.8 Å². The highest BCUT2D eigenvalue weighted by Gasteiger charge is 2.25. The Kier molecular flexibility index (Phi) is 8.16. The third-order valence-electron chi connectivity index (χ3n) is 7.71. The number of rotatable bonds is 8. The average Bonchev–Trinajstić information content (AvgIpc) is 3.55. The predicted molar refractivity (Wildman–Crippen MR) is 169 cm³/mol. The zero-order chi connectivity index (χ0) is 31.5. The maximum Gasteiger partial charge on any atom is 0.253 e. The van der Waals surface area contributed by atoms with E-state index in [1.54, 1.807) is 68.7 Å². The van der Waals surface area contributed by atoms with Gasteiger partial charge in [0.2, 0.25) is 0 Å². The van der Waals surface area contributed by atoms with Crippen LogP contribution in [0.5, 0.6) is 0 Å². The number of nitrogens with one attached hydrogen (secondary N) is 3. The number of amides is 2. The number of fused-ring (bicyclic) bond motifs is 1. The topological polar surface area (TPSA) is 99.8 Å². The lowest BCUT2D eigenvalue weighted by Crippen LogP contribution is -2.32. The molecule has 7 nitrogen and oxygen atoms in total. The van der Waals surface area contributed by atoms with Crippen molar-refractivity contribution in [3.8, 4) is 22.8 Å². The minimum atomic E-state index is -0.498. The molecule has 0 radical (unpaired) electrons. The van der Waals surface area contributed by atoms with Gasteiger partial charge in [0.1, 0.15) is 17.3 Å². The van der Waals surface area contributed by atoms with E-state index in [2.05, 4.69) is 25.6 Å². The minimum Gasteiger partial charge on any atom is -0.345 e. The fourth-order valence-corrected chi connectivity index (χ4v) is 5.22. The molecule has 6 rings (SSSR count). The summed E-state index contributed by atoms with van der Waals surface area (Å²) in [7, 11) is 0. The van der Waals surface area contributed by atoms with Crippen molar-refractivity contribution in [2.24, 2.45) is 0 Å². The van der Waals surface area contributed by atoms with Gasteiger partial charge in [-0.1, -0.05) is 60.7 Å². The summed E-state index contributed by atoms with van der Waals surface area (Å²) in [5, 5.41) is 7.88. The van der Waals surface area contributed by atoms with Gasteiger partial charge in [0, 0.05) is 17.1 Å². The van der Waals surface area contributed by atoms with Gasteiger partial charge in [0.25, 0.3) is 11.8 Å². The Balaban J connectivity index is 1.37. The van der Waals surface area contributed by atoms with Crippen LogP contribution in [-0.2, 0) is 0 Å². The van der Waals surface area contributed by atoms with E-state index in [1.165, 1.54) is 24.3 Å². The lowest BCUT2D eigenvalue weighted by molar-refractivity contribution is 0.0905. The molecular weight excluding hydrogens is 572 g/mol. The maximum atomic E-state index is 14.0. The van der Waals surface area contributed by atoms with Crippen molar-refractivity contribution in [2.45, 2.75) is 25.9 Å². The molecule has 6 aromatic rings. The first-order chi connectivity index (χ1) is 21.8. The van der Waals surface area contributed by atoms with Crippen LogP contribution in [0, 0.1) is 11.6 Å². The number of pyridine rings is 1. The van der Waals surface area contributed by atoms with Gasteiger partial charge in [0.05, 0.1) is 35.1 Å². The molecule has 2 amide bonds. The van der Waals surface area contributed by atoms with Crippen LogP contribution < -0.4 is 10.6 Å². The molecule has 0 bridgehead atoms. The fourth-order valence-electron chi connectivity index (χ4n) is 5.22.